The Kier molecular flexibility index (Phi) is 5.41. The van der Waals surface area contributed by atoms with E-state index in [-0.39, 0.29) is 11.7 Å². The molecule has 1 amide bonds. The molecule has 28 heavy (non-hydrogen) atoms. The number of anilines is 1. The lowest BCUT2D eigenvalue weighted by atomic mass is 9.90. The fraction of sp³-hybridized carbons (Fsp3) is 0.333. The molecule has 0 unspecified atom stereocenters. The van der Waals surface area contributed by atoms with Gasteiger partial charge in [-0.15, -0.1) is 0 Å². The summed E-state index contributed by atoms with van der Waals surface area (Å²) in [6, 6.07) is 9.49. The number of Topliss-reactive ketones (excluding diaryl/α,β-unsaturated/α-hetero) is 1. The molecule has 0 bridgehead atoms. The van der Waals surface area contributed by atoms with E-state index in [0.29, 0.717) is 23.0 Å². The van der Waals surface area contributed by atoms with Gasteiger partial charge < -0.3 is 10.1 Å². The number of amides is 1. The summed E-state index contributed by atoms with van der Waals surface area (Å²) in [7, 11) is 1.70. The highest BCUT2D eigenvalue weighted by Crippen LogP contribution is 2.38. The van der Waals surface area contributed by atoms with E-state index >= 15 is 0 Å². The van der Waals surface area contributed by atoms with Gasteiger partial charge >= 0.3 is 0 Å². The zero-order valence-corrected chi connectivity index (χ0v) is 17.3. The van der Waals surface area contributed by atoms with Crippen LogP contribution in [0, 0.1) is 0 Å². The Morgan fingerprint density at radius 2 is 1.64 bits per heavy atom. The average Bonchev–Trinajstić information content (AvgIpc) is 2.95. The molecule has 2 aromatic carbocycles. The van der Waals surface area contributed by atoms with Crippen molar-refractivity contribution in [2.75, 3.05) is 12.4 Å². The molecule has 0 radical (unpaired) electrons. The van der Waals surface area contributed by atoms with Crippen molar-refractivity contribution in [2.45, 2.75) is 46.5 Å². The van der Waals surface area contributed by atoms with Gasteiger partial charge in [0.2, 0.25) is 0 Å². The first-order valence-corrected chi connectivity index (χ1v) is 9.63. The van der Waals surface area contributed by atoms with Gasteiger partial charge in [0, 0.05) is 22.4 Å². The van der Waals surface area contributed by atoms with Crippen molar-refractivity contribution in [2.24, 2.45) is 0 Å². The van der Waals surface area contributed by atoms with Crippen LogP contribution >= 0.6 is 0 Å². The van der Waals surface area contributed by atoms with E-state index in [1.807, 2.05) is 6.08 Å². The summed E-state index contributed by atoms with van der Waals surface area (Å²) in [5, 5.41) is 2.89. The van der Waals surface area contributed by atoms with Crippen molar-refractivity contribution >= 4 is 29.0 Å². The molecular weight excluding hydrogens is 350 g/mol. The summed E-state index contributed by atoms with van der Waals surface area (Å²) in [6.45, 7) is 10.1. The predicted molar refractivity (Wildman–Crippen MR) is 114 cm³/mol. The maximum atomic E-state index is 12.6. The maximum Gasteiger partial charge on any atom is 0.256 e. The van der Waals surface area contributed by atoms with Crippen molar-refractivity contribution in [3.8, 4) is 5.75 Å². The fourth-order valence-electron chi connectivity index (χ4n) is 3.59. The van der Waals surface area contributed by atoms with Crippen LogP contribution in [0.5, 0.6) is 5.75 Å². The highest BCUT2D eigenvalue weighted by molar-refractivity contribution is 6.35. The second kappa shape index (κ2) is 7.63. The second-order valence-corrected chi connectivity index (χ2v) is 7.87. The summed E-state index contributed by atoms with van der Waals surface area (Å²) in [4.78, 5) is 24.4. The average molecular weight is 377 g/mol. The molecule has 146 valence electrons. The van der Waals surface area contributed by atoms with Crippen LogP contribution in [0.1, 0.15) is 79.1 Å². The summed E-state index contributed by atoms with van der Waals surface area (Å²) < 4.78 is 5.71. The van der Waals surface area contributed by atoms with Gasteiger partial charge in [0.05, 0.1) is 7.11 Å². The van der Waals surface area contributed by atoms with Gasteiger partial charge in [0.15, 0.2) is 5.78 Å². The lowest BCUT2D eigenvalue weighted by Crippen LogP contribution is -2.04. The first-order chi connectivity index (χ1) is 13.2. The van der Waals surface area contributed by atoms with Gasteiger partial charge in [0.1, 0.15) is 5.75 Å². The molecule has 0 fully saturated rings. The molecule has 0 atom stereocenters. The van der Waals surface area contributed by atoms with E-state index in [1.165, 1.54) is 6.92 Å². The Hall–Kier alpha value is -2.88. The van der Waals surface area contributed by atoms with E-state index < -0.39 is 0 Å². The fourth-order valence-corrected chi connectivity index (χ4v) is 3.59. The molecule has 0 aliphatic carbocycles. The quantitative estimate of drug-likeness (QED) is 0.542. The molecular formula is C24H27NO3. The topological polar surface area (TPSA) is 55.4 Å². The molecule has 1 aliphatic heterocycles. The number of ketones is 1. The van der Waals surface area contributed by atoms with Crippen LogP contribution in [0.15, 0.2) is 30.3 Å². The Labute approximate surface area is 166 Å². The van der Waals surface area contributed by atoms with Gasteiger partial charge in [-0.2, -0.15) is 0 Å². The van der Waals surface area contributed by atoms with Gasteiger partial charge in [0.25, 0.3) is 5.91 Å². The van der Waals surface area contributed by atoms with Crippen LogP contribution < -0.4 is 10.1 Å². The summed E-state index contributed by atoms with van der Waals surface area (Å²) in [5.41, 5.74) is 5.88. The van der Waals surface area contributed by atoms with Gasteiger partial charge in [-0.1, -0.05) is 27.7 Å². The van der Waals surface area contributed by atoms with E-state index in [9.17, 15) is 9.59 Å². The molecule has 1 aliphatic rings. The van der Waals surface area contributed by atoms with Crippen LogP contribution in [0.4, 0.5) is 5.69 Å². The van der Waals surface area contributed by atoms with Gasteiger partial charge in [-0.25, -0.2) is 0 Å². The number of hydrogen-bond acceptors (Lipinski definition) is 3. The molecule has 4 nitrogen and oxygen atoms in total. The number of carbonyl (C=O) groups is 2. The zero-order chi connectivity index (χ0) is 20.6. The molecule has 3 rings (SSSR count). The van der Waals surface area contributed by atoms with Crippen LogP contribution in [0.2, 0.25) is 0 Å². The number of carbonyl (C=O) groups excluding carboxylic acids is 2. The molecule has 1 heterocycles. The molecule has 1 N–H and O–H groups in total. The highest BCUT2D eigenvalue weighted by atomic mass is 16.5. The van der Waals surface area contributed by atoms with Gasteiger partial charge in [-0.05, 0) is 71.9 Å². The lowest BCUT2D eigenvalue weighted by molar-refractivity contribution is -0.110. The Bertz CT molecular complexity index is 954. The smallest absolute Gasteiger partial charge is 0.256 e. The molecule has 0 aromatic heterocycles. The second-order valence-electron chi connectivity index (χ2n) is 7.87. The van der Waals surface area contributed by atoms with E-state index in [2.05, 4.69) is 45.1 Å². The Morgan fingerprint density at radius 1 is 1.04 bits per heavy atom. The molecule has 2 aromatic rings. The number of rotatable bonds is 5. The zero-order valence-electron chi connectivity index (χ0n) is 17.3. The van der Waals surface area contributed by atoms with E-state index in [0.717, 1.165) is 33.7 Å². The van der Waals surface area contributed by atoms with Crippen molar-refractivity contribution in [3.05, 3.63) is 58.1 Å². The first kappa shape index (κ1) is 19.9. The molecule has 0 spiro atoms. The largest absolute Gasteiger partial charge is 0.496 e. The van der Waals surface area contributed by atoms with Crippen LogP contribution in [0.25, 0.3) is 11.6 Å². The summed E-state index contributed by atoms with van der Waals surface area (Å²) in [5.74, 6) is 1.33. The van der Waals surface area contributed by atoms with Crippen molar-refractivity contribution in [3.63, 3.8) is 0 Å². The minimum Gasteiger partial charge on any atom is -0.496 e. The third kappa shape index (κ3) is 3.59. The highest BCUT2D eigenvalue weighted by Gasteiger charge is 2.25. The number of ether oxygens (including phenoxy) is 1. The molecule has 0 saturated heterocycles. The number of nitrogens with one attached hydrogen (secondary N) is 1. The lowest BCUT2D eigenvalue weighted by Gasteiger charge is -2.19. The van der Waals surface area contributed by atoms with Crippen molar-refractivity contribution < 1.29 is 14.3 Å². The normalized spacial score (nSPS) is 14.6. The minimum absolute atomic E-state index is 0.0184. The van der Waals surface area contributed by atoms with Gasteiger partial charge in [-0.3, -0.25) is 9.59 Å². The number of benzene rings is 2. The van der Waals surface area contributed by atoms with Crippen LogP contribution in [0.3, 0.4) is 0 Å². The maximum absolute atomic E-state index is 12.6. The number of methoxy groups -OCH3 is 1. The first-order valence-electron chi connectivity index (χ1n) is 9.63. The Morgan fingerprint density at radius 3 is 2.14 bits per heavy atom. The molecule has 4 heteroatoms. The standard InChI is InChI=1S/C24H27NO3/c1-13(2)18-9-16(10-19(14(3)4)23(18)28-6)11-21-20-12-17(15(5)26)7-8-22(20)25-24(21)27/h7-14H,1-6H3,(H,25,27)/b21-11-. The summed E-state index contributed by atoms with van der Waals surface area (Å²) in [6.07, 6.45) is 1.91. The number of hydrogen-bond donors (Lipinski definition) is 1. The van der Waals surface area contributed by atoms with Crippen LogP contribution in [-0.2, 0) is 4.79 Å². The SMILES string of the molecule is COc1c(C(C)C)cc(/C=C2\C(=O)Nc3ccc(C(C)=O)cc32)cc1C(C)C. The van der Waals surface area contributed by atoms with E-state index in [1.54, 1.807) is 25.3 Å². The summed E-state index contributed by atoms with van der Waals surface area (Å²) >= 11 is 0. The monoisotopic (exact) mass is 377 g/mol. The number of fused-ring (bicyclic) bond motifs is 1. The van der Waals surface area contributed by atoms with E-state index in [4.69, 9.17) is 4.74 Å². The predicted octanol–water partition coefficient (Wildman–Crippen LogP) is 5.64. The third-order valence-corrected chi connectivity index (χ3v) is 5.14. The minimum atomic E-state index is -0.149. The van der Waals surface area contributed by atoms with Crippen LogP contribution in [-0.4, -0.2) is 18.8 Å². The molecule has 0 saturated carbocycles. The van der Waals surface area contributed by atoms with Crippen molar-refractivity contribution in [1.29, 1.82) is 0 Å². The Balaban J connectivity index is 2.18. The third-order valence-electron chi connectivity index (χ3n) is 5.14. The van der Waals surface area contributed by atoms with Crippen molar-refractivity contribution in [1.82, 2.24) is 0 Å².